The molecule has 1 saturated heterocycles. The molecule has 2 rings (SSSR count). The van der Waals surface area contributed by atoms with Crippen molar-refractivity contribution in [1.29, 1.82) is 0 Å². The molecule has 104 valence electrons. The summed E-state index contributed by atoms with van der Waals surface area (Å²) < 4.78 is 4.85. The third-order valence-electron chi connectivity index (χ3n) is 3.29. The molecule has 6 nitrogen and oxygen atoms in total. The second-order valence-corrected chi connectivity index (χ2v) is 4.79. The highest BCUT2D eigenvalue weighted by Gasteiger charge is 2.27. The van der Waals surface area contributed by atoms with Crippen molar-refractivity contribution in [2.45, 2.75) is 25.9 Å². The number of furan rings is 1. The van der Waals surface area contributed by atoms with Crippen molar-refractivity contribution in [2.75, 3.05) is 19.6 Å². The van der Waals surface area contributed by atoms with Gasteiger partial charge >= 0.3 is 0 Å². The predicted molar refractivity (Wildman–Crippen MR) is 69.7 cm³/mol. The molecule has 0 bridgehead atoms. The van der Waals surface area contributed by atoms with Gasteiger partial charge in [-0.2, -0.15) is 0 Å². The summed E-state index contributed by atoms with van der Waals surface area (Å²) in [4.78, 5) is 25.9. The maximum absolute atomic E-state index is 12.3. The maximum atomic E-state index is 12.3. The van der Waals surface area contributed by atoms with Crippen molar-refractivity contribution in [3.05, 3.63) is 24.2 Å². The molecule has 1 aromatic rings. The number of hydrogen-bond acceptors (Lipinski definition) is 4. The van der Waals surface area contributed by atoms with Crippen LogP contribution in [0.3, 0.4) is 0 Å². The number of carbonyl (C=O) groups excluding carboxylic acids is 2. The number of rotatable bonds is 3. The highest BCUT2D eigenvalue weighted by Crippen LogP contribution is 2.06. The first-order chi connectivity index (χ1) is 9.09. The average molecular weight is 265 g/mol. The van der Waals surface area contributed by atoms with Gasteiger partial charge in [-0.25, -0.2) is 0 Å². The van der Waals surface area contributed by atoms with Crippen molar-refractivity contribution < 1.29 is 14.0 Å². The molecule has 0 saturated carbocycles. The van der Waals surface area contributed by atoms with Crippen LogP contribution in [0.1, 0.15) is 24.2 Å². The quantitative estimate of drug-likeness (QED) is 0.820. The van der Waals surface area contributed by atoms with Gasteiger partial charge in [-0.15, -0.1) is 0 Å². The Morgan fingerprint density at radius 3 is 3.00 bits per heavy atom. The van der Waals surface area contributed by atoms with Crippen molar-refractivity contribution in [2.24, 2.45) is 0 Å². The number of hydrogen-bond donors (Lipinski definition) is 2. The fraction of sp³-hybridized carbons (Fsp3) is 0.538. The summed E-state index contributed by atoms with van der Waals surface area (Å²) in [5, 5.41) is 5.92. The summed E-state index contributed by atoms with van der Waals surface area (Å²) in [6.45, 7) is 5.95. The van der Waals surface area contributed by atoms with E-state index in [2.05, 4.69) is 10.6 Å². The van der Waals surface area contributed by atoms with E-state index in [0.717, 1.165) is 13.1 Å². The van der Waals surface area contributed by atoms with Crippen molar-refractivity contribution in [3.8, 4) is 0 Å². The van der Waals surface area contributed by atoms with Gasteiger partial charge in [0.15, 0.2) is 0 Å². The minimum atomic E-state index is -0.539. The molecule has 0 aromatic carbocycles. The summed E-state index contributed by atoms with van der Waals surface area (Å²) in [7, 11) is 0. The summed E-state index contributed by atoms with van der Waals surface area (Å²) in [5.74, 6) is -0.344. The highest BCUT2D eigenvalue weighted by atomic mass is 16.3. The Balaban J connectivity index is 1.93. The summed E-state index contributed by atoms with van der Waals surface area (Å²) in [5.41, 5.74) is 0.424. The molecule has 0 radical (unpaired) electrons. The third kappa shape index (κ3) is 3.14. The Hall–Kier alpha value is -1.82. The van der Waals surface area contributed by atoms with Crippen molar-refractivity contribution in [1.82, 2.24) is 15.5 Å². The molecule has 1 aromatic heterocycles. The highest BCUT2D eigenvalue weighted by molar-refractivity contribution is 5.97. The molecular weight excluding hydrogens is 246 g/mol. The molecule has 2 N–H and O–H groups in total. The molecule has 2 unspecified atom stereocenters. The Kier molecular flexibility index (Phi) is 4.21. The molecular formula is C13H19N3O3. The standard InChI is InChI=1S/C13H19N3O3/c1-9-7-14-4-5-16(9)13(18)10(2)15-12(17)11-3-6-19-8-11/h3,6,8-10,14H,4-5,7H2,1-2H3,(H,15,17). The maximum Gasteiger partial charge on any atom is 0.255 e. The van der Waals surface area contributed by atoms with Gasteiger partial charge in [0.1, 0.15) is 12.3 Å². The molecule has 0 spiro atoms. The lowest BCUT2D eigenvalue weighted by atomic mass is 10.1. The molecule has 1 fully saturated rings. The number of amides is 2. The summed E-state index contributed by atoms with van der Waals surface area (Å²) in [6, 6.07) is 1.18. The van der Waals surface area contributed by atoms with Gasteiger partial charge in [0.05, 0.1) is 11.8 Å². The van der Waals surface area contributed by atoms with Crippen LogP contribution in [0.4, 0.5) is 0 Å². The second kappa shape index (κ2) is 5.88. The normalized spacial score (nSPS) is 20.9. The zero-order valence-electron chi connectivity index (χ0n) is 11.2. The topological polar surface area (TPSA) is 74.6 Å². The first-order valence-electron chi connectivity index (χ1n) is 6.44. The monoisotopic (exact) mass is 265 g/mol. The number of piperazine rings is 1. The average Bonchev–Trinajstić information content (AvgIpc) is 2.92. The smallest absolute Gasteiger partial charge is 0.255 e. The van der Waals surface area contributed by atoms with E-state index in [0.29, 0.717) is 12.1 Å². The van der Waals surface area contributed by atoms with Crippen LogP contribution in [0.15, 0.2) is 23.0 Å². The Morgan fingerprint density at radius 2 is 2.37 bits per heavy atom. The van der Waals surface area contributed by atoms with Crippen LogP contribution in [-0.2, 0) is 4.79 Å². The predicted octanol–water partition coefficient (Wildman–Crippen LogP) is 0.218. The Labute approximate surface area is 112 Å². The van der Waals surface area contributed by atoms with Gasteiger partial charge in [-0.05, 0) is 19.9 Å². The van der Waals surface area contributed by atoms with Crippen LogP contribution < -0.4 is 10.6 Å². The van der Waals surface area contributed by atoms with E-state index in [4.69, 9.17) is 4.42 Å². The lowest BCUT2D eigenvalue weighted by molar-refractivity contribution is -0.135. The van der Waals surface area contributed by atoms with Crippen LogP contribution in [0.25, 0.3) is 0 Å². The van der Waals surface area contributed by atoms with E-state index in [1.165, 1.54) is 12.5 Å². The lowest BCUT2D eigenvalue weighted by Crippen LogP contribution is -2.57. The SMILES string of the molecule is CC(NC(=O)c1ccoc1)C(=O)N1CCNCC1C. The molecule has 2 amide bonds. The van der Waals surface area contributed by atoms with E-state index in [9.17, 15) is 9.59 Å². The van der Waals surface area contributed by atoms with Crippen molar-refractivity contribution >= 4 is 11.8 Å². The van der Waals surface area contributed by atoms with E-state index in [1.54, 1.807) is 17.9 Å². The molecule has 0 aliphatic carbocycles. The first-order valence-corrected chi connectivity index (χ1v) is 6.44. The zero-order chi connectivity index (χ0) is 13.8. The third-order valence-corrected chi connectivity index (χ3v) is 3.29. The molecule has 19 heavy (non-hydrogen) atoms. The zero-order valence-corrected chi connectivity index (χ0v) is 11.2. The van der Waals surface area contributed by atoms with Gasteiger partial charge < -0.3 is 20.0 Å². The molecule has 6 heteroatoms. The lowest BCUT2D eigenvalue weighted by Gasteiger charge is -2.35. The Bertz CT molecular complexity index is 444. The molecule has 1 aliphatic rings. The van der Waals surface area contributed by atoms with Crippen molar-refractivity contribution in [3.63, 3.8) is 0 Å². The van der Waals surface area contributed by atoms with Gasteiger partial charge in [-0.3, -0.25) is 9.59 Å². The summed E-state index contributed by atoms with van der Waals surface area (Å²) >= 11 is 0. The number of nitrogens with one attached hydrogen (secondary N) is 2. The van der Waals surface area contributed by atoms with Gasteiger partial charge in [0.2, 0.25) is 5.91 Å². The van der Waals surface area contributed by atoms with Crippen LogP contribution >= 0.6 is 0 Å². The summed E-state index contributed by atoms with van der Waals surface area (Å²) in [6.07, 6.45) is 2.79. The molecule has 2 atom stereocenters. The van der Waals surface area contributed by atoms with Crippen LogP contribution in [0, 0.1) is 0 Å². The fourth-order valence-corrected chi connectivity index (χ4v) is 2.15. The van der Waals surface area contributed by atoms with Gasteiger partial charge in [0.25, 0.3) is 5.91 Å². The van der Waals surface area contributed by atoms with Crippen LogP contribution in [0.2, 0.25) is 0 Å². The largest absolute Gasteiger partial charge is 0.472 e. The van der Waals surface area contributed by atoms with Crippen LogP contribution in [0.5, 0.6) is 0 Å². The number of nitrogens with zero attached hydrogens (tertiary/aromatic N) is 1. The first kappa shape index (κ1) is 13.6. The minimum Gasteiger partial charge on any atom is -0.472 e. The second-order valence-electron chi connectivity index (χ2n) is 4.79. The van der Waals surface area contributed by atoms with Gasteiger partial charge in [0, 0.05) is 25.7 Å². The molecule has 2 heterocycles. The number of carbonyl (C=O) groups is 2. The van der Waals surface area contributed by atoms with E-state index < -0.39 is 6.04 Å². The fourth-order valence-electron chi connectivity index (χ4n) is 2.15. The van der Waals surface area contributed by atoms with Crippen LogP contribution in [-0.4, -0.2) is 48.4 Å². The van der Waals surface area contributed by atoms with Gasteiger partial charge in [-0.1, -0.05) is 0 Å². The van der Waals surface area contributed by atoms with E-state index in [1.807, 2.05) is 6.92 Å². The van der Waals surface area contributed by atoms with E-state index in [-0.39, 0.29) is 17.9 Å². The Morgan fingerprint density at radius 1 is 1.58 bits per heavy atom. The molecule has 1 aliphatic heterocycles. The van der Waals surface area contributed by atoms with E-state index >= 15 is 0 Å². The minimum absolute atomic E-state index is 0.0501.